The molecule has 5 aromatic rings. The monoisotopic (exact) mass is 549 g/mol. The molecular formula is C29H23N7O3S. The Morgan fingerprint density at radius 3 is 2.58 bits per heavy atom. The summed E-state index contributed by atoms with van der Waals surface area (Å²) in [6.45, 7) is 5.43. The molecule has 0 saturated carbocycles. The maximum absolute atomic E-state index is 13.5. The lowest BCUT2D eigenvalue weighted by atomic mass is 9.85. The molecule has 2 heterocycles. The number of para-hydroxylation sites is 1. The fraction of sp³-hybridized carbons (Fsp3) is 0.138. The molecule has 0 unspecified atom stereocenters. The summed E-state index contributed by atoms with van der Waals surface area (Å²) < 4.78 is 1.38. The van der Waals surface area contributed by atoms with Crippen molar-refractivity contribution < 1.29 is 9.59 Å². The molecule has 0 spiro atoms. The summed E-state index contributed by atoms with van der Waals surface area (Å²) in [7, 11) is 0. The van der Waals surface area contributed by atoms with Crippen molar-refractivity contribution in [2.75, 3.05) is 10.6 Å². The Balaban J connectivity index is 1.47. The maximum Gasteiger partial charge on any atom is 0.265 e. The second-order valence-electron chi connectivity index (χ2n) is 9.59. The van der Waals surface area contributed by atoms with Gasteiger partial charge < -0.3 is 5.32 Å². The lowest BCUT2D eigenvalue weighted by Crippen LogP contribution is -2.22. The van der Waals surface area contributed by atoms with Crippen molar-refractivity contribution in [1.29, 1.82) is 5.26 Å². The van der Waals surface area contributed by atoms with E-state index in [1.165, 1.54) is 27.7 Å². The number of nitrogens with zero attached hydrogens (tertiary/aromatic N) is 5. The molecule has 2 aromatic heterocycles. The van der Waals surface area contributed by atoms with Crippen LogP contribution >= 0.6 is 11.3 Å². The number of hydrogen-bond acceptors (Lipinski definition) is 8. The minimum Gasteiger partial charge on any atom is -0.322 e. The fourth-order valence-corrected chi connectivity index (χ4v) is 4.60. The van der Waals surface area contributed by atoms with Gasteiger partial charge >= 0.3 is 0 Å². The van der Waals surface area contributed by atoms with E-state index < -0.39 is 11.3 Å². The van der Waals surface area contributed by atoms with Crippen LogP contribution in [0.3, 0.4) is 0 Å². The van der Waals surface area contributed by atoms with Crippen LogP contribution in [0, 0.1) is 18.3 Å². The van der Waals surface area contributed by atoms with Crippen LogP contribution in [0.1, 0.15) is 45.7 Å². The van der Waals surface area contributed by atoms with Gasteiger partial charge in [-0.3, -0.25) is 24.3 Å². The molecule has 0 fully saturated rings. The van der Waals surface area contributed by atoms with Gasteiger partial charge in [-0.25, -0.2) is 4.98 Å². The summed E-state index contributed by atoms with van der Waals surface area (Å²) >= 11 is 1.18. The first-order chi connectivity index (χ1) is 19.2. The molecule has 3 aromatic carbocycles. The number of hydrogen-bond donors (Lipinski definition) is 2. The van der Waals surface area contributed by atoms with Gasteiger partial charge in [0.25, 0.3) is 17.4 Å². The van der Waals surface area contributed by atoms with E-state index in [2.05, 4.69) is 31.9 Å². The number of benzene rings is 3. The van der Waals surface area contributed by atoms with Crippen molar-refractivity contribution in [3.8, 4) is 11.8 Å². The number of aromatic nitrogens is 4. The van der Waals surface area contributed by atoms with Crippen molar-refractivity contribution >= 4 is 44.9 Å². The number of fused-ring (bicyclic) bond motifs is 1. The molecule has 10 nitrogen and oxygen atoms in total. The number of carbonyl (C=O) groups excluding carboxylic acids is 2. The lowest BCUT2D eigenvalue weighted by Gasteiger charge is -2.17. The molecule has 198 valence electrons. The summed E-state index contributed by atoms with van der Waals surface area (Å²) in [5.74, 6) is -0.796. The molecule has 0 aliphatic heterocycles. The van der Waals surface area contributed by atoms with Crippen molar-refractivity contribution in [3.63, 3.8) is 0 Å². The average Bonchev–Trinajstić information content (AvgIpc) is 3.47. The standard InChI is InChI=1S/C29H23N7O3S/c1-17-10-11-20(33-25(37)18-6-4-7-19(12-18)29(2,3)14-30)13-23(17)36-15-31-24-21(8-5-9-22(24)27(36)39)26(38)34-28-35-32-16-40-28/h4-13,15-16H,1-3H3,(H,33,37)(H,34,35,38). The molecule has 0 bridgehead atoms. The van der Waals surface area contributed by atoms with Gasteiger partial charge in [0.2, 0.25) is 5.13 Å². The largest absolute Gasteiger partial charge is 0.322 e. The molecule has 0 aliphatic rings. The number of aryl methyl sites for hydroxylation is 1. The third kappa shape index (κ3) is 5.08. The first-order valence-electron chi connectivity index (χ1n) is 12.2. The van der Waals surface area contributed by atoms with E-state index in [1.54, 1.807) is 68.4 Å². The highest BCUT2D eigenvalue weighted by Gasteiger charge is 2.21. The Morgan fingerprint density at radius 2 is 1.82 bits per heavy atom. The molecule has 2 amide bonds. The van der Waals surface area contributed by atoms with Crippen LogP contribution in [0.15, 0.2) is 77.3 Å². The molecular weight excluding hydrogens is 526 g/mol. The summed E-state index contributed by atoms with van der Waals surface area (Å²) in [6, 6.07) is 19.2. The Hall–Kier alpha value is -5.21. The third-order valence-electron chi connectivity index (χ3n) is 6.47. The zero-order valence-corrected chi connectivity index (χ0v) is 22.6. The van der Waals surface area contributed by atoms with E-state index in [4.69, 9.17) is 0 Å². The summed E-state index contributed by atoms with van der Waals surface area (Å²) in [5.41, 5.74) is 3.82. The number of amides is 2. The van der Waals surface area contributed by atoms with E-state index in [-0.39, 0.29) is 27.9 Å². The molecule has 0 atom stereocenters. The third-order valence-corrected chi connectivity index (χ3v) is 7.07. The number of anilines is 2. The quantitative estimate of drug-likeness (QED) is 0.308. The van der Waals surface area contributed by atoms with E-state index in [0.29, 0.717) is 22.1 Å². The van der Waals surface area contributed by atoms with Crippen molar-refractivity contribution in [2.24, 2.45) is 0 Å². The van der Waals surface area contributed by atoms with Gasteiger partial charge in [-0.15, -0.1) is 10.2 Å². The summed E-state index contributed by atoms with van der Waals surface area (Å²) in [4.78, 5) is 43.9. The number of nitrogens with one attached hydrogen (secondary N) is 2. The number of rotatable bonds is 6. The Kier molecular flexibility index (Phi) is 6.94. The minimum absolute atomic E-state index is 0.233. The molecule has 11 heteroatoms. The van der Waals surface area contributed by atoms with Crippen molar-refractivity contribution in [2.45, 2.75) is 26.2 Å². The van der Waals surface area contributed by atoms with Gasteiger partial charge in [-0.2, -0.15) is 5.26 Å². The lowest BCUT2D eigenvalue weighted by molar-refractivity contribution is 0.101. The van der Waals surface area contributed by atoms with Gasteiger partial charge in [-0.1, -0.05) is 35.6 Å². The van der Waals surface area contributed by atoms with Gasteiger partial charge in [0.1, 0.15) is 11.8 Å². The topological polar surface area (TPSA) is 143 Å². The second-order valence-corrected chi connectivity index (χ2v) is 10.4. The predicted octanol–water partition coefficient (Wildman–Crippen LogP) is 4.85. The Bertz CT molecular complexity index is 1870. The molecule has 2 N–H and O–H groups in total. The highest BCUT2D eigenvalue weighted by molar-refractivity contribution is 7.13. The highest BCUT2D eigenvalue weighted by Crippen LogP contribution is 2.25. The van der Waals surface area contributed by atoms with Crippen LogP contribution in [-0.2, 0) is 5.41 Å². The molecule has 0 saturated heterocycles. The molecule has 0 radical (unpaired) electrons. The average molecular weight is 550 g/mol. The first kappa shape index (κ1) is 26.4. The van der Waals surface area contributed by atoms with E-state index in [1.807, 2.05) is 13.0 Å². The minimum atomic E-state index is -0.740. The van der Waals surface area contributed by atoms with Gasteiger partial charge in [0, 0.05) is 11.3 Å². The zero-order chi connectivity index (χ0) is 28.4. The van der Waals surface area contributed by atoms with Gasteiger partial charge in [-0.05, 0) is 68.3 Å². The van der Waals surface area contributed by atoms with E-state index >= 15 is 0 Å². The van der Waals surface area contributed by atoms with Crippen LogP contribution in [0.4, 0.5) is 10.8 Å². The molecule has 0 aliphatic carbocycles. The number of nitriles is 1. The van der Waals surface area contributed by atoms with Crippen molar-refractivity contribution in [1.82, 2.24) is 19.7 Å². The van der Waals surface area contributed by atoms with Crippen LogP contribution in [0.2, 0.25) is 0 Å². The highest BCUT2D eigenvalue weighted by atomic mass is 32.1. The molecule has 40 heavy (non-hydrogen) atoms. The molecule has 5 rings (SSSR count). The second kappa shape index (κ2) is 10.5. The Morgan fingerprint density at radius 1 is 1.02 bits per heavy atom. The zero-order valence-electron chi connectivity index (χ0n) is 21.8. The summed E-state index contributed by atoms with van der Waals surface area (Å²) in [5, 5.41) is 23.1. The van der Waals surface area contributed by atoms with E-state index in [0.717, 1.165) is 11.1 Å². The predicted molar refractivity (Wildman–Crippen MR) is 153 cm³/mol. The van der Waals surface area contributed by atoms with Crippen LogP contribution in [-0.4, -0.2) is 31.6 Å². The van der Waals surface area contributed by atoms with Crippen LogP contribution in [0.5, 0.6) is 0 Å². The fourth-order valence-electron chi connectivity index (χ4n) is 4.16. The SMILES string of the molecule is Cc1ccc(NC(=O)c2cccc(C(C)(C)C#N)c2)cc1-n1cnc2c(C(=O)Nc3nncs3)cccc2c1=O. The van der Waals surface area contributed by atoms with Crippen LogP contribution < -0.4 is 16.2 Å². The van der Waals surface area contributed by atoms with Gasteiger partial charge in [0.15, 0.2) is 0 Å². The van der Waals surface area contributed by atoms with Crippen molar-refractivity contribution in [3.05, 3.63) is 105 Å². The van der Waals surface area contributed by atoms with E-state index in [9.17, 15) is 19.6 Å². The summed E-state index contributed by atoms with van der Waals surface area (Å²) in [6.07, 6.45) is 1.37. The normalized spacial score (nSPS) is 11.2. The first-order valence-corrected chi connectivity index (χ1v) is 13.1. The van der Waals surface area contributed by atoms with Gasteiger partial charge in [0.05, 0.1) is 33.6 Å². The Labute approximate surface area is 233 Å². The van der Waals surface area contributed by atoms with Crippen LogP contribution in [0.25, 0.3) is 16.6 Å². The number of carbonyl (C=O) groups is 2. The maximum atomic E-state index is 13.5. The smallest absolute Gasteiger partial charge is 0.265 e.